The van der Waals surface area contributed by atoms with E-state index >= 15 is 0 Å². The monoisotopic (exact) mass is 290 g/mol. The van der Waals surface area contributed by atoms with E-state index in [-0.39, 0.29) is 29.4 Å². The molecular formula is C13H17F3N2O2. The number of ether oxygens (including phenoxy) is 1. The average Bonchev–Trinajstić information content (AvgIpc) is 2.23. The minimum atomic E-state index is -4.75. The van der Waals surface area contributed by atoms with Crippen LogP contribution in [0.1, 0.15) is 20.8 Å². The summed E-state index contributed by atoms with van der Waals surface area (Å²) in [5, 5.41) is 5.46. The van der Waals surface area contributed by atoms with Crippen LogP contribution in [-0.4, -0.2) is 24.4 Å². The second-order valence-corrected chi connectivity index (χ2v) is 5.23. The van der Waals surface area contributed by atoms with Crippen molar-refractivity contribution in [2.75, 3.05) is 11.9 Å². The van der Waals surface area contributed by atoms with Gasteiger partial charge in [0.05, 0.1) is 6.54 Å². The number of carbonyl (C=O) groups excluding carboxylic acids is 1. The van der Waals surface area contributed by atoms with E-state index in [1.807, 2.05) is 20.8 Å². The summed E-state index contributed by atoms with van der Waals surface area (Å²) < 4.78 is 40.0. The Morgan fingerprint density at radius 2 is 1.90 bits per heavy atom. The van der Waals surface area contributed by atoms with Crippen molar-refractivity contribution in [3.05, 3.63) is 24.3 Å². The first-order chi connectivity index (χ1) is 9.05. The molecule has 0 saturated carbocycles. The Kier molecular flexibility index (Phi) is 4.99. The topological polar surface area (TPSA) is 50.4 Å². The molecule has 0 radical (unpaired) electrons. The third kappa shape index (κ3) is 6.98. The molecule has 0 aliphatic carbocycles. The summed E-state index contributed by atoms with van der Waals surface area (Å²) in [5.41, 5.74) is 0.0194. The highest BCUT2D eigenvalue weighted by atomic mass is 19.4. The second-order valence-electron chi connectivity index (χ2n) is 5.23. The van der Waals surface area contributed by atoms with Gasteiger partial charge in [0, 0.05) is 17.3 Å². The Labute approximate surface area is 115 Å². The van der Waals surface area contributed by atoms with Gasteiger partial charge in [-0.25, -0.2) is 0 Å². The minimum absolute atomic E-state index is 0.0633. The molecule has 0 aliphatic rings. The summed E-state index contributed by atoms with van der Waals surface area (Å²) in [7, 11) is 0. The minimum Gasteiger partial charge on any atom is -0.406 e. The van der Waals surface area contributed by atoms with Crippen molar-refractivity contribution in [1.29, 1.82) is 0 Å². The van der Waals surface area contributed by atoms with Gasteiger partial charge in [0.15, 0.2) is 0 Å². The number of amides is 1. The molecule has 20 heavy (non-hydrogen) atoms. The maximum Gasteiger partial charge on any atom is 0.573 e. The highest BCUT2D eigenvalue weighted by molar-refractivity contribution is 5.92. The summed E-state index contributed by atoms with van der Waals surface area (Å²) in [4.78, 5) is 11.6. The van der Waals surface area contributed by atoms with Crippen molar-refractivity contribution >= 4 is 11.6 Å². The normalized spacial score (nSPS) is 12.1. The molecule has 1 amide bonds. The Bertz CT molecular complexity index is 467. The highest BCUT2D eigenvalue weighted by Crippen LogP contribution is 2.24. The molecule has 2 N–H and O–H groups in total. The molecule has 0 saturated heterocycles. The van der Waals surface area contributed by atoms with Gasteiger partial charge in [-0.15, -0.1) is 13.2 Å². The molecule has 0 unspecified atom stereocenters. The second kappa shape index (κ2) is 6.13. The predicted molar refractivity (Wildman–Crippen MR) is 69.5 cm³/mol. The van der Waals surface area contributed by atoms with E-state index in [4.69, 9.17) is 0 Å². The number of hydrogen-bond acceptors (Lipinski definition) is 3. The van der Waals surface area contributed by atoms with Crippen LogP contribution >= 0.6 is 0 Å². The molecule has 0 fully saturated rings. The van der Waals surface area contributed by atoms with Crippen LogP contribution in [0.15, 0.2) is 24.3 Å². The van der Waals surface area contributed by atoms with E-state index < -0.39 is 6.36 Å². The fourth-order valence-electron chi connectivity index (χ4n) is 1.32. The molecule has 0 spiro atoms. The number of nitrogens with one attached hydrogen (secondary N) is 2. The first-order valence-corrected chi connectivity index (χ1v) is 5.96. The van der Waals surface area contributed by atoms with Crippen molar-refractivity contribution in [3.63, 3.8) is 0 Å². The fraction of sp³-hybridized carbons (Fsp3) is 0.462. The molecular weight excluding hydrogens is 273 g/mol. The lowest BCUT2D eigenvalue weighted by Gasteiger charge is -2.20. The molecule has 0 bridgehead atoms. The Balaban J connectivity index is 2.60. The van der Waals surface area contributed by atoms with Crippen LogP contribution in [0, 0.1) is 0 Å². The summed E-state index contributed by atoms with van der Waals surface area (Å²) >= 11 is 0. The zero-order chi connectivity index (χ0) is 15.4. The van der Waals surface area contributed by atoms with Crippen LogP contribution in [0.25, 0.3) is 0 Å². The van der Waals surface area contributed by atoms with E-state index in [1.54, 1.807) is 0 Å². The number of benzene rings is 1. The molecule has 1 aromatic carbocycles. The van der Waals surface area contributed by atoms with Gasteiger partial charge < -0.3 is 15.4 Å². The van der Waals surface area contributed by atoms with Crippen molar-refractivity contribution in [3.8, 4) is 5.75 Å². The molecule has 7 heteroatoms. The standard InChI is InChI=1S/C13H17F3N2O2/c1-12(2,3)17-8-11(19)18-9-5-4-6-10(7-9)20-13(14,15)16/h4-7,17H,8H2,1-3H3,(H,18,19). The van der Waals surface area contributed by atoms with Crippen LogP contribution in [-0.2, 0) is 4.79 Å². The lowest BCUT2D eigenvalue weighted by molar-refractivity contribution is -0.274. The van der Waals surface area contributed by atoms with Gasteiger partial charge in [-0.05, 0) is 32.9 Å². The van der Waals surface area contributed by atoms with Gasteiger partial charge in [-0.1, -0.05) is 6.07 Å². The van der Waals surface area contributed by atoms with Gasteiger partial charge in [-0.2, -0.15) is 0 Å². The Morgan fingerprint density at radius 1 is 1.25 bits per heavy atom. The molecule has 0 aliphatic heterocycles. The molecule has 0 heterocycles. The van der Waals surface area contributed by atoms with Gasteiger partial charge in [0.25, 0.3) is 0 Å². The van der Waals surface area contributed by atoms with E-state index in [9.17, 15) is 18.0 Å². The lowest BCUT2D eigenvalue weighted by atomic mass is 10.1. The van der Waals surface area contributed by atoms with Crippen LogP contribution in [0.2, 0.25) is 0 Å². The fourth-order valence-corrected chi connectivity index (χ4v) is 1.32. The molecule has 1 rings (SSSR count). The zero-order valence-electron chi connectivity index (χ0n) is 11.5. The summed E-state index contributed by atoms with van der Waals surface area (Å²) in [5.74, 6) is -0.719. The Hall–Kier alpha value is -1.76. The maximum atomic E-state index is 12.1. The largest absolute Gasteiger partial charge is 0.573 e. The molecule has 112 valence electrons. The smallest absolute Gasteiger partial charge is 0.406 e. The number of alkyl halides is 3. The van der Waals surface area contributed by atoms with Crippen molar-refractivity contribution < 1.29 is 22.7 Å². The van der Waals surface area contributed by atoms with Crippen molar-refractivity contribution in [2.45, 2.75) is 32.7 Å². The van der Waals surface area contributed by atoms with E-state index in [0.29, 0.717) is 0 Å². The van der Waals surface area contributed by atoms with Crippen LogP contribution in [0.5, 0.6) is 5.75 Å². The SMILES string of the molecule is CC(C)(C)NCC(=O)Nc1cccc(OC(F)(F)F)c1. The maximum absolute atomic E-state index is 12.1. The summed E-state index contributed by atoms with van der Waals surface area (Å²) in [6, 6.07) is 5.13. The third-order valence-corrected chi connectivity index (χ3v) is 2.13. The predicted octanol–water partition coefficient (Wildman–Crippen LogP) is 2.91. The van der Waals surface area contributed by atoms with Crippen molar-refractivity contribution in [2.24, 2.45) is 0 Å². The zero-order valence-corrected chi connectivity index (χ0v) is 11.5. The molecule has 4 nitrogen and oxygen atoms in total. The quantitative estimate of drug-likeness (QED) is 0.896. The number of carbonyl (C=O) groups is 1. The molecule has 1 aromatic rings. The van der Waals surface area contributed by atoms with Gasteiger partial charge in [0.1, 0.15) is 5.75 Å². The number of rotatable bonds is 4. The van der Waals surface area contributed by atoms with Gasteiger partial charge in [-0.3, -0.25) is 4.79 Å². The summed E-state index contributed by atoms with van der Waals surface area (Å²) in [6.45, 7) is 5.77. The van der Waals surface area contributed by atoms with Crippen LogP contribution in [0.3, 0.4) is 0 Å². The number of anilines is 1. The Morgan fingerprint density at radius 3 is 2.45 bits per heavy atom. The van der Waals surface area contributed by atoms with E-state index in [0.717, 1.165) is 12.1 Å². The lowest BCUT2D eigenvalue weighted by Crippen LogP contribution is -2.41. The van der Waals surface area contributed by atoms with Gasteiger partial charge >= 0.3 is 6.36 Å². The van der Waals surface area contributed by atoms with Gasteiger partial charge in [0.2, 0.25) is 5.91 Å². The molecule has 0 aromatic heterocycles. The van der Waals surface area contributed by atoms with E-state index in [2.05, 4.69) is 15.4 Å². The highest BCUT2D eigenvalue weighted by Gasteiger charge is 2.31. The molecule has 0 atom stereocenters. The average molecular weight is 290 g/mol. The summed E-state index contributed by atoms with van der Waals surface area (Å²) in [6.07, 6.45) is -4.75. The third-order valence-electron chi connectivity index (χ3n) is 2.13. The first kappa shape index (κ1) is 16.3. The van der Waals surface area contributed by atoms with Crippen LogP contribution in [0.4, 0.5) is 18.9 Å². The van der Waals surface area contributed by atoms with E-state index in [1.165, 1.54) is 12.1 Å². The van der Waals surface area contributed by atoms with Crippen LogP contribution < -0.4 is 15.4 Å². The first-order valence-electron chi connectivity index (χ1n) is 5.96. The number of halogens is 3. The van der Waals surface area contributed by atoms with Crippen molar-refractivity contribution in [1.82, 2.24) is 5.32 Å². The number of hydrogen-bond donors (Lipinski definition) is 2.